The highest BCUT2D eigenvalue weighted by Crippen LogP contribution is 2.23. The van der Waals surface area contributed by atoms with Crippen molar-refractivity contribution < 1.29 is 49.3 Å². The molecule has 7 unspecified atom stereocenters. The van der Waals surface area contributed by atoms with Gasteiger partial charge in [-0.05, 0) is 57.8 Å². The fourth-order valence-corrected chi connectivity index (χ4v) is 11.7. The van der Waals surface area contributed by atoms with Crippen molar-refractivity contribution in [3.63, 3.8) is 0 Å². The molecule has 1 aliphatic heterocycles. The van der Waals surface area contributed by atoms with Crippen molar-refractivity contribution in [2.24, 2.45) is 0 Å². The van der Waals surface area contributed by atoms with Crippen LogP contribution in [0.4, 0.5) is 0 Å². The van der Waals surface area contributed by atoms with E-state index in [2.05, 4.69) is 43.5 Å². The first-order valence-electron chi connectivity index (χ1n) is 36.8. The van der Waals surface area contributed by atoms with Crippen molar-refractivity contribution in [3.05, 3.63) is 36.5 Å². The molecule has 1 fully saturated rings. The summed E-state index contributed by atoms with van der Waals surface area (Å²) < 4.78 is 16.7. The van der Waals surface area contributed by atoms with Gasteiger partial charge >= 0.3 is 5.97 Å². The maximum atomic E-state index is 13.1. The predicted octanol–water partition coefficient (Wildman–Crippen LogP) is 19.0. The molecule has 0 aromatic heterocycles. The Labute approximate surface area is 523 Å². The number of esters is 1. The van der Waals surface area contributed by atoms with Gasteiger partial charge in [0.25, 0.3) is 0 Å². The average Bonchev–Trinajstić information content (AvgIpc) is 3.40. The van der Waals surface area contributed by atoms with E-state index in [0.29, 0.717) is 19.4 Å². The van der Waals surface area contributed by atoms with Gasteiger partial charge in [0.05, 0.1) is 32.0 Å². The lowest BCUT2D eigenvalue weighted by Gasteiger charge is -2.40. The van der Waals surface area contributed by atoms with Gasteiger partial charge in [0.2, 0.25) is 5.91 Å². The molecule has 1 heterocycles. The van der Waals surface area contributed by atoms with E-state index in [-0.39, 0.29) is 18.5 Å². The lowest BCUT2D eigenvalue weighted by atomic mass is 9.99. The van der Waals surface area contributed by atoms with Crippen molar-refractivity contribution in [1.82, 2.24) is 5.32 Å². The minimum Gasteiger partial charge on any atom is -0.466 e. The molecule has 0 radical (unpaired) electrons. The number of hydrogen-bond donors (Lipinski definition) is 6. The zero-order chi connectivity index (χ0) is 61.6. The highest BCUT2D eigenvalue weighted by Gasteiger charge is 2.44. The number of allylic oxidation sites excluding steroid dienone is 5. The molecule has 0 aromatic rings. The highest BCUT2D eigenvalue weighted by atomic mass is 16.7. The molecule has 6 N–H and O–H groups in total. The second-order valence-corrected chi connectivity index (χ2v) is 25.6. The SMILES string of the molecule is CCCCCCC/C=C/CC/C=C/CC/C=C/C(O)C(COC1OC(CO)C(O)C(O)C1O)NC(=O)CCCCCCCCCCCCCCCCCCCCCCCCCCCCCCCCCOC(=O)CCCCCCCCCCCCC. The molecule has 0 spiro atoms. The van der Waals surface area contributed by atoms with Crippen molar-refractivity contribution in [1.29, 1.82) is 0 Å². The molecule has 0 aromatic carbocycles. The normalized spacial score (nSPS) is 18.1. The average molecular weight is 1200 g/mol. The van der Waals surface area contributed by atoms with Crippen LogP contribution < -0.4 is 5.32 Å². The maximum Gasteiger partial charge on any atom is 0.305 e. The third kappa shape index (κ3) is 52.4. The Morgan fingerprint density at radius 1 is 0.424 bits per heavy atom. The summed E-state index contributed by atoms with van der Waals surface area (Å²) in [5.41, 5.74) is 0. The number of nitrogens with one attached hydrogen (secondary N) is 1. The van der Waals surface area contributed by atoms with Gasteiger partial charge in [0.15, 0.2) is 6.29 Å². The number of unbranched alkanes of at least 4 members (excludes halogenated alkanes) is 47. The topological polar surface area (TPSA) is 175 Å². The molecule has 11 nitrogen and oxygen atoms in total. The van der Waals surface area contributed by atoms with Crippen molar-refractivity contribution >= 4 is 11.9 Å². The minimum atomic E-state index is -1.58. The van der Waals surface area contributed by atoms with Crippen LogP contribution in [-0.2, 0) is 23.8 Å². The zero-order valence-corrected chi connectivity index (χ0v) is 55.6. The van der Waals surface area contributed by atoms with Crippen molar-refractivity contribution in [2.45, 2.75) is 403 Å². The van der Waals surface area contributed by atoms with Crippen LogP contribution in [0, 0.1) is 0 Å². The largest absolute Gasteiger partial charge is 0.466 e. The highest BCUT2D eigenvalue weighted by molar-refractivity contribution is 5.76. The van der Waals surface area contributed by atoms with Gasteiger partial charge in [-0.15, -0.1) is 0 Å². The second kappa shape index (κ2) is 63.4. The fraction of sp³-hybridized carbons (Fsp3) is 0.892. The van der Waals surface area contributed by atoms with E-state index in [1.165, 1.54) is 270 Å². The van der Waals surface area contributed by atoms with Crippen LogP contribution in [0.3, 0.4) is 0 Å². The van der Waals surface area contributed by atoms with Gasteiger partial charge < -0.3 is 45.1 Å². The summed E-state index contributed by atoms with van der Waals surface area (Å²) in [6, 6.07) is -0.832. The number of hydrogen-bond acceptors (Lipinski definition) is 10. The fourth-order valence-electron chi connectivity index (χ4n) is 11.7. The van der Waals surface area contributed by atoms with Crippen LogP contribution in [0.2, 0.25) is 0 Å². The maximum absolute atomic E-state index is 13.1. The van der Waals surface area contributed by atoms with Crippen LogP contribution in [0.15, 0.2) is 36.5 Å². The number of carbonyl (C=O) groups is 2. The number of ether oxygens (including phenoxy) is 3. The summed E-state index contributed by atoms with van der Waals surface area (Å²) in [7, 11) is 0. The Hall–Kier alpha value is -2.12. The van der Waals surface area contributed by atoms with E-state index >= 15 is 0 Å². The smallest absolute Gasteiger partial charge is 0.305 e. The third-order valence-electron chi connectivity index (χ3n) is 17.5. The summed E-state index contributed by atoms with van der Waals surface area (Å²) in [6.45, 7) is 4.35. The Morgan fingerprint density at radius 2 is 0.765 bits per heavy atom. The molecule has 500 valence electrons. The van der Waals surface area contributed by atoms with Gasteiger partial charge in [-0.3, -0.25) is 9.59 Å². The standard InChI is InChI=1S/C74H139NO10/c1-3-5-7-9-11-13-15-16-34-37-41-44-48-52-56-60-67(77)66(65-84-74-73(82)72(81)71(80)68(64-76)85-74)75-69(78)61-57-53-49-45-42-38-35-32-30-28-26-24-22-20-18-17-19-21-23-25-27-29-31-33-36-39-43-47-51-55-59-63-83-70(79)62-58-54-50-46-40-14-12-10-8-6-4-2/h15-16,41,44,56,60,66-68,71-74,76-77,80-82H,3-14,17-40,42-43,45-55,57-59,61-65H2,1-2H3,(H,75,78)/b16-15+,44-41+,60-56+. The molecule has 0 bridgehead atoms. The molecule has 1 rings (SSSR count). The number of carbonyl (C=O) groups excluding carboxylic acids is 2. The van der Waals surface area contributed by atoms with Gasteiger partial charge in [0.1, 0.15) is 24.4 Å². The molecule has 1 amide bonds. The van der Waals surface area contributed by atoms with Gasteiger partial charge in [-0.2, -0.15) is 0 Å². The van der Waals surface area contributed by atoms with E-state index in [4.69, 9.17) is 14.2 Å². The Bertz CT molecular complexity index is 1510. The lowest BCUT2D eigenvalue weighted by Crippen LogP contribution is -2.60. The molecule has 11 heteroatoms. The molecule has 7 atom stereocenters. The summed E-state index contributed by atoms with van der Waals surface area (Å²) in [4.78, 5) is 25.1. The Kier molecular flexibility index (Phi) is 60.4. The number of aliphatic hydroxyl groups is 5. The summed E-state index contributed by atoms with van der Waals surface area (Å²) >= 11 is 0. The van der Waals surface area contributed by atoms with Crippen LogP contribution in [-0.4, -0.2) is 100 Å². The zero-order valence-electron chi connectivity index (χ0n) is 55.6. The van der Waals surface area contributed by atoms with Crippen LogP contribution in [0.1, 0.15) is 361 Å². The molecule has 0 aliphatic carbocycles. The first-order valence-corrected chi connectivity index (χ1v) is 36.8. The quantitative estimate of drug-likeness (QED) is 0.0195. The molecule has 85 heavy (non-hydrogen) atoms. The van der Waals surface area contributed by atoms with E-state index in [1.807, 2.05) is 6.08 Å². The molecular formula is C74H139NO10. The third-order valence-corrected chi connectivity index (χ3v) is 17.5. The molecular weight excluding hydrogens is 1060 g/mol. The second-order valence-electron chi connectivity index (χ2n) is 25.6. The van der Waals surface area contributed by atoms with Crippen molar-refractivity contribution in [3.8, 4) is 0 Å². The number of amides is 1. The van der Waals surface area contributed by atoms with Crippen LogP contribution >= 0.6 is 0 Å². The molecule has 1 saturated heterocycles. The first-order chi connectivity index (χ1) is 41.7. The minimum absolute atomic E-state index is 0.0125. The molecule has 0 saturated carbocycles. The van der Waals surface area contributed by atoms with E-state index in [0.717, 1.165) is 64.2 Å². The van der Waals surface area contributed by atoms with Gasteiger partial charge in [0, 0.05) is 12.8 Å². The first kappa shape index (κ1) is 80.9. The van der Waals surface area contributed by atoms with Gasteiger partial charge in [-0.1, -0.05) is 326 Å². The van der Waals surface area contributed by atoms with Crippen LogP contribution in [0.5, 0.6) is 0 Å². The van der Waals surface area contributed by atoms with E-state index < -0.39 is 49.5 Å². The summed E-state index contributed by atoms with van der Waals surface area (Å²) in [6.07, 6.45) is 71.4. The number of rotatable bonds is 65. The summed E-state index contributed by atoms with van der Waals surface area (Å²) in [5, 5.41) is 54.5. The van der Waals surface area contributed by atoms with E-state index in [9.17, 15) is 35.1 Å². The Morgan fingerprint density at radius 3 is 1.16 bits per heavy atom. The van der Waals surface area contributed by atoms with Crippen molar-refractivity contribution in [2.75, 3.05) is 19.8 Å². The van der Waals surface area contributed by atoms with E-state index in [1.54, 1.807) is 6.08 Å². The van der Waals surface area contributed by atoms with Crippen LogP contribution in [0.25, 0.3) is 0 Å². The monoisotopic (exact) mass is 1200 g/mol. The predicted molar refractivity (Wildman–Crippen MR) is 357 cm³/mol. The summed E-state index contributed by atoms with van der Waals surface area (Å²) in [5.74, 6) is -0.178. The number of aliphatic hydroxyl groups excluding tert-OH is 5. The Balaban J connectivity index is 1.97. The van der Waals surface area contributed by atoms with Gasteiger partial charge in [-0.25, -0.2) is 0 Å². The molecule has 1 aliphatic rings. The lowest BCUT2D eigenvalue weighted by molar-refractivity contribution is -0.302.